The molecule has 7 nitrogen and oxygen atoms in total. The maximum atomic E-state index is 10.6. The first-order valence-electron chi connectivity index (χ1n) is 8.67. The molecule has 0 atom stereocenters. The topological polar surface area (TPSA) is 75.5 Å². The van der Waals surface area contributed by atoms with Crippen molar-refractivity contribution >= 4 is 18.9 Å². The Morgan fingerprint density at radius 2 is 1.92 bits per heavy atom. The molecule has 0 saturated carbocycles. The summed E-state index contributed by atoms with van der Waals surface area (Å²) in [6.45, 7) is 11.1. The number of nitrogens with zero attached hydrogens (tertiary/aromatic N) is 3. The summed E-state index contributed by atoms with van der Waals surface area (Å²) in [6.07, 6.45) is 2.26. The van der Waals surface area contributed by atoms with E-state index in [1.54, 1.807) is 10.9 Å². The Kier molecular flexibility index (Phi) is 4.90. The highest BCUT2D eigenvalue weighted by Gasteiger charge is 2.52. The smallest absolute Gasteiger partial charge is 0.491 e. The van der Waals surface area contributed by atoms with Crippen molar-refractivity contribution in [2.45, 2.75) is 52.4 Å². The number of ether oxygens (including phenoxy) is 1. The average molecular weight is 357 g/mol. The summed E-state index contributed by atoms with van der Waals surface area (Å²) in [5.74, 6) is 0.771. The minimum atomic E-state index is -0.422. The molecule has 1 aromatic carbocycles. The van der Waals surface area contributed by atoms with Crippen LogP contribution in [0.3, 0.4) is 0 Å². The lowest BCUT2D eigenvalue weighted by atomic mass is 9.76. The van der Waals surface area contributed by atoms with Crippen LogP contribution in [0, 0.1) is 6.92 Å². The van der Waals surface area contributed by atoms with E-state index in [0.717, 1.165) is 16.8 Å². The van der Waals surface area contributed by atoms with Crippen LogP contribution in [0.2, 0.25) is 0 Å². The van der Waals surface area contributed by atoms with Crippen molar-refractivity contribution in [1.29, 1.82) is 0 Å². The Morgan fingerprint density at radius 3 is 2.54 bits per heavy atom. The van der Waals surface area contributed by atoms with Gasteiger partial charge in [-0.25, -0.2) is 4.68 Å². The molecule has 0 bridgehead atoms. The fraction of sp³-hybridized carbons (Fsp3) is 0.500. The second-order valence-electron chi connectivity index (χ2n) is 7.43. The molecule has 2 heterocycles. The molecule has 2 aromatic rings. The van der Waals surface area contributed by atoms with E-state index < -0.39 is 7.12 Å². The van der Waals surface area contributed by atoms with Crippen LogP contribution in [-0.4, -0.2) is 46.2 Å². The SMILES string of the molecule is Cc1c(OCCn2cc(C=O)nn2)cccc1B1OC(C)(C)C(C)(C)O1. The number of aromatic nitrogens is 3. The summed E-state index contributed by atoms with van der Waals surface area (Å²) >= 11 is 0. The van der Waals surface area contributed by atoms with Gasteiger partial charge in [-0.05, 0) is 51.7 Å². The highest BCUT2D eigenvalue weighted by atomic mass is 16.7. The fourth-order valence-electron chi connectivity index (χ4n) is 2.74. The van der Waals surface area contributed by atoms with Gasteiger partial charge in [-0.1, -0.05) is 17.3 Å². The zero-order valence-corrected chi connectivity index (χ0v) is 15.9. The monoisotopic (exact) mass is 357 g/mol. The largest absolute Gasteiger partial charge is 0.495 e. The van der Waals surface area contributed by atoms with Crippen molar-refractivity contribution in [2.24, 2.45) is 0 Å². The number of carbonyl (C=O) groups is 1. The van der Waals surface area contributed by atoms with Crippen LogP contribution < -0.4 is 10.2 Å². The third-order valence-corrected chi connectivity index (χ3v) is 5.09. The second-order valence-corrected chi connectivity index (χ2v) is 7.43. The molecule has 0 spiro atoms. The van der Waals surface area contributed by atoms with Crippen LogP contribution in [0.4, 0.5) is 0 Å². The summed E-state index contributed by atoms with van der Waals surface area (Å²) in [5, 5.41) is 7.60. The minimum absolute atomic E-state index is 0.309. The molecule has 1 saturated heterocycles. The van der Waals surface area contributed by atoms with Gasteiger partial charge in [-0.2, -0.15) is 0 Å². The molecule has 138 valence electrons. The van der Waals surface area contributed by atoms with E-state index in [2.05, 4.69) is 10.3 Å². The quantitative estimate of drug-likeness (QED) is 0.580. The van der Waals surface area contributed by atoms with Crippen LogP contribution in [0.15, 0.2) is 24.4 Å². The van der Waals surface area contributed by atoms with Crippen molar-refractivity contribution in [3.8, 4) is 5.75 Å². The molecule has 1 aliphatic heterocycles. The van der Waals surface area contributed by atoms with Gasteiger partial charge in [0.1, 0.15) is 18.1 Å². The molecular formula is C18H24BN3O4. The van der Waals surface area contributed by atoms with Gasteiger partial charge in [-0.3, -0.25) is 4.79 Å². The molecule has 1 aliphatic rings. The summed E-state index contributed by atoms with van der Waals surface area (Å²) in [6, 6.07) is 5.85. The predicted octanol–water partition coefficient (Wildman–Crippen LogP) is 1.78. The molecule has 0 amide bonds. The highest BCUT2D eigenvalue weighted by Crippen LogP contribution is 2.37. The molecular weight excluding hydrogens is 333 g/mol. The van der Waals surface area contributed by atoms with Crippen LogP contribution in [0.5, 0.6) is 5.75 Å². The van der Waals surface area contributed by atoms with E-state index in [1.807, 2.05) is 52.8 Å². The highest BCUT2D eigenvalue weighted by molar-refractivity contribution is 6.62. The maximum absolute atomic E-state index is 10.6. The van der Waals surface area contributed by atoms with Crippen molar-refractivity contribution in [3.05, 3.63) is 35.7 Å². The lowest BCUT2D eigenvalue weighted by molar-refractivity contribution is 0.00578. The predicted molar refractivity (Wildman–Crippen MR) is 97.8 cm³/mol. The normalized spacial score (nSPS) is 18.1. The number of rotatable bonds is 6. The van der Waals surface area contributed by atoms with Crippen molar-refractivity contribution in [1.82, 2.24) is 15.0 Å². The number of hydrogen-bond donors (Lipinski definition) is 0. The van der Waals surface area contributed by atoms with E-state index in [4.69, 9.17) is 14.0 Å². The van der Waals surface area contributed by atoms with E-state index in [1.165, 1.54) is 0 Å². The zero-order chi connectivity index (χ0) is 18.9. The summed E-state index contributed by atoms with van der Waals surface area (Å²) in [7, 11) is -0.422. The third-order valence-electron chi connectivity index (χ3n) is 5.09. The van der Waals surface area contributed by atoms with Crippen LogP contribution in [-0.2, 0) is 15.9 Å². The average Bonchev–Trinajstić information content (AvgIpc) is 3.11. The Hall–Kier alpha value is -2.19. The molecule has 0 unspecified atom stereocenters. The summed E-state index contributed by atoms with van der Waals surface area (Å²) < 4.78 is 19.8. The molecule has 8 heteroatoms. The van der Waals surface area contributed by atoms with Gasteiger partial charge < -0.3 is 14.0 Å². The number of aldehydes is 1. The Labute approximate surface area is 153 Å². The molecule has 1 fully saturated rings. The number of benzene rings is 1. The van der Waals surface area contributed by atoms with Crippen molar-refractivity contribution < 1.29 is 18.8 Å². The lowest BCUT2D eigenvalue weighted by Crippen LogP contribution is -2.41. The zero-order valence-electron chi connectivity index (χ0n) is 15.9. The van der Waals surface area contributed by atoms with Crippen LogP contribution in [0.25, 0.3) is 0 Å². The Morgan fingerprint density at radius 1 is 1.23 bits per heavy atom. The first-order chi connectivity index (χ1) is 12.2. The second kappa shape index (κ2) is 6.85. The summed E-state index contributed by atoms with van der Waals surface area (Å²) in [4.78, 5) is 10.6. The van der Waals surface area contributed by atoms with Gasteiger partial charge in [0.15, 0.2) is 6.29 Å². The van der Waals surface area contributed by atoms with Crippen molar-refractivity contribution in [3.63, 3.8) is 0 Å². The van der Waals surface area contributed by atoms with Gasteiger partial charge in [0, 0.05) is 0 Å². The first kappa shape index (κ1) is 18.6. The summed E-state index contributed by atoms with van der Waals surface area (Å²) in [5.41, 5.74) is 1.49. The molecule has 0 radical (unpaired) electrons. The van der Waals surface area contributed by atoms with Gasteiger partial charge in [0.05, 0.1) is 23.9 Å². The minimum Gasteiger partial charge on any atom is -0.491 e. The van der Waals surface area contributed by atoms with Gasteiger partial charge >= 0.3 is 7.12 Å². The number of carbonyl (C=O) groups excluding carboxylic acids is 1. The first-order valence-corrected chi connectivity index (χ1v) is 8.67. The van der Waals surface area contributed by atoms with Gasteiger partial charge in [0.25, 0.3) is 0 Å². The molecule has 3 rings (SSSR count). The van der Waals surface area contributed by atoms with Gasteiger partial charge in [0.2, 0.25) is 0 Å². The number of hydrogen-bond acceptors (Lipinski definition) is 6. The Balaban J connectivity index is 1.68. The third kappa shape index (κ3) is 3.52. The Bertz CT molecular complexity index is 787. The van der Waals surface area contributed by atoms with E-state index in [-0.39, 0.29) is 11.2 Å². The lowest BCUT2D eigenvalue weighted by Gasteiger charge is -2.32. The van der Waals surface area contributed by atoms with E-state index in [0.29, 0.717) is 25.1 Å². The molecule has 0 aliphatic carbocycles. The van der Waals surface area contributed by atoms with E-state index >= 15 is 0 Å². The standard InChI is InChI=1S/C18H24BN3O4/c1-13-15(19-25-17(2,3)18(4,5)26-19)7-6-8-16(13)24-10-9-22-11-14(12-23)20-21-22/h6-8,11-12H,9-10H2,1-5H3. The fourth-order valence-corrected chi connectivity index (χ4v) is 2.74. The van der Waals surface area contributed by atoms with Crippen molar-refractivity contribution in [2.75, 3.05) is 6.61 Å². The van der Waals surface area contributed by atoms with E-state index in [9.17, 15) is 4.79 Å². The maximum Gasteiger partial charge on any atom is 0.495 e. The molecule has 1 aromatic heterocycles. The molecule has 26 heavy (non-hydrogen) atoms. The van der Waals surface area contributed by atoms with Crippen LogP contribution in [0.1, 0.15) is 43.7 Å². The molecule has 0 N–H and O–H groups in total. The van der Waals surface area contributed by atoms with Crippen LogP contribution >= 0.6 is 0 Å². The van der Waals surface area contributed by atoms with Gasteiger partial charge in [-0.15, -0.1) is 5.10 Å².